The molecule has 0 spiro atoms. The van der Waals surface area contributed by atoms with Gasteiger partial charge in [0.05, 0.1) is 5.57 Å². The smallest absolute Gasteiger partial charge is 0.256 e. The highest BCUT2D eigenvalue weighted by Gasteiger charge is 2.23. The van der Waals surface area contributed by atoms with Crippen molar-refractivity contribution < 1.29 is 4.79 Å². The van der Waals surface area contributed by atoms with E-state index in [1.54, 1.807) is 0 Å². The van der Waals surface area contributed by atoms with E-state index in [2.05, 4.69) is 24.1 Å². The van der Waals surface area contributed by atoms with E-state index in [0.717, 1.165) is 28.9 Å². The summed E-state index contributed by atoms with van der Waals surface area (Å²) in [5.74, 6) is -0.0319. The lowest BCUT2D eigenvalue weighted by Gasteiger charge is -2.00. The highest BCUT2D eigenvalue weighted by Crippen LogP contribution is 2.33. The number of aromatic amines is 1. The van der Waals surface area contributed by atoms with E-state index in [4.69, 9.17) is 0 Å². The molecule has 0 saturated carbocycles. The molecule has 2 heterocycles. The summed E-state index contributed by atoms with van der Waals surface area (Å²) in [7, 11) is 0. The van der Waals surface area contributed by atoms with Gasteiger partial charge in [-0.1, -0.05) is 25.1 Å². The predicted molar refractivity (Wildman–Crippen MR) is 77.9 cm³/mol. The molecular formula is C16H16N2O. The second kappa shape index (κ2) is 4.43. The average Bonchev–Trinajstić information content (AvgIpc) is 2.91. The van der Waals surface area contributed by atoms with Gasteiger partial charge in [-0.25, -0.2) is 0 Å². The Kier molecular flexibility index (Phi) is 2.75. The highest BCUT2D eigenvalue weighted by atomic mass is 16.2. The third-order valence-electron chi connectivity index (χ3n) is 3.60. The maximum atomic E-state index is 12.0. The summed E-state index contributed by atoms with van der Waals surface area (Å²) in [6.07, 6.45) is 4.90. The summed E-state index contributed by atoms with van der Waals surface area (Å²) in [5.41, 5.74) is 6.13. The van der Waals surface area contributed by atoms with Gasteiger partial charge in [0.15, 0.2) is 0 Å². The zero-order valence-electron chi connectivity index (χ0n) is 11.1. The van der Waals surface area contributed by atoms with Crippen LogP contribution in [0.3, 0.4) is 0 Å². The van der Waals surface area contributed by atoms with Crippen LogP contribution in [0.25, 0.3) is 11.6 Å². The number of benzene rings is 1. The van der Waals surface area contributed by atoms with E-state index >= 15 is 0 Å². The quantitative estimate of drug-likeness (QED) is 0.791. The van der Waals surface area contributed by atoms with E-state index in [1.165, 1.54) is 11.1 Å². The molecule has 1 aromatic carbocycles. The van der Waals surface area contributed by atoms with Crippen LogP contribution in [0.5, 0.6) is 0 Å². The molecule has 1 aliphatic rings. The molecule has 0 aliphatic carbocycles. The number of aryl methyl sites for hydroxylation is 1. The minimum Gasteiger partial charge on any atom is -0.361 e. The number of carbonyl (C=O) groups excluding carboxylic acids is 1. The number of hydrogen-bond donors (Lipinski definition) is 2. The molecule has 2 aromatic rings. The van der Waals surface area contributed by atoms with Gasteiger partial charge in [-0.3, -0.25) is 4.79 Å². The Labute approximate surface area is 112 Å². The van der Waals surface area contributed by atoms with Crippen molar-refractivity contribution in [1.29, 1.82) is 0 Å². The second-order valence-electron chi connectivity index (χ2n) is 4.78. The molecule has 1 amide bonds. The number of amides is 1. The first-order valence-electron chi connectivity index (χ1n) is 6.50. The number of rotatable bonds is 2. The minimum atomic E-state index is -0.0319. The van der Waals surface area contributed by atoms with E-state index in [9.17, 15) is 4.79 Å². The van der Waals surface area contributed by atoms with Crippen LogP contribution in [0, 0.1) is 6.92 Å². The fourth-order valence-corrected chi connectivity index (χ4v) is 2.60. The Morgan fingerprint density at radius 3 is 2.84 bits per heavy atom. The van der Waals surface area contributed by atoms with Crippen molar-refractivity contribution in [3.63, 3.8) is 0 Å². The number of para-hydroxylation sites is 1. The molecule has 3 rings (SSSR count). The SMILES string of the molecule is CCc1c(C)c[nH]c1/C=C1\C(=O)Nc2ccccc21. The number of H-pyrrole nitrogens is 1. The fourth-order valence-electron chi connectivity index (χ4n) is 2.60. The summed E-state index contributed by atoms with van der Waals surface area (Å²) in [6.45, 7) is 4.21. The van der Waals surface area contributed by atoms with Gasteiger partial charge in [0, 0.05) is 23.1 Å². The third-order valence-corrected chi connectivity index (χ3v) is 3.60. The number of anilines is 1. The first-order valence-corrected chi connectivity index (χ1v) is 6.50. The maximum absolute atomic E-state index is 12.0. The van der Waals surface area contributed by atoms with E-state index < -0.39 is 0 Å². The van der Waals surface area contributed by atoms with Crippen LogP contribution < -0.4 is 5.32 Å². The molecule has 2 N–H and O–H groups in total. The van der Waals surface area contributed by atoms with Crippen LogP contribution >= 0.6 is 0 Å². The van der Waals surface area contributed by atoms with Crippen LogP contribution in [-0.4, -0.2) is 10.9 Å². The van der Waals surface area contributed by atoms with Gasteiger partial charge in [-0.15, -0.1) is 0 Å². The molecule has 19 heavy (non-hydrogen) atoms. The van der Waals surface area contributed by atoms with Gasteiger partial charge in [-0.2, -0.15) is 0 Å². The molecule has 0 unspecified atom stereocenters. The summed E-state index contributed by atoms with van der Waals surface area (Å²) in [4.78, 5) is 15.3. The largest absolute Gasteiger partial charge is 0.361 e. The molecule has 96 valence electrons. The molecule has 0 saturated heterocycles. The Bertz CT molecular complexity index is 680. The number of fused-ring (bicyclic) bond motifs is 1. The Hall–Kier alpha value is -2.29. The van der Waals surface area contributed by atoms with Crippen LogP contribution in [0.4, 0.5) is 5.69 Å². The Balaban J connectivity index is 2.11. The van der Waals surface area contributed by atoms with Gasteiger partial charge in [0.25, 0.3) is 5.91 Å². The maximum Gasteiger partial charge on any atom is 0.256 e. The molecule has 3 nitrogen and oxygen atoms in total. The Morgan fingerprint density at radius 1 is 1.26 bits per heavy atom. The van der Waals surface area contributed by atoms with Gasteiger partial charge >= 0.3 is 0 Å². The van der Waals surface area contributed by atoms with Crippen molar-refractivity contribution in [1.82, 2.24) is 4.98 Å². The topological polar surface area (TPSA) is 44.9 Å². The minimum absolute atomic E-state index is 0.0319. The van der Waals surface area contributed by atoms with Crippen LogP contribution in [0.2, 0.25) is 0 Å². The van der Waals surface area contributed by atoms with Gasteiger partial charge in [0.1, 0.15) is 0 Å². The summed E-state index contributed by atoms with van der Waals surface area (Å²) >= 11 is 0. The molecule has 3 heteroatoms. The number of nitrogens with one attached hydrogen (secondary N) is 2. The first-order chi connectivity index (χ1) is 9.20. The van der Waals surface area contributed by atoms with Gasteiger partial charge in [0.2, 0.25) is 0 Å². The lowest BCUT2D eigenvalue weighted by Crippen LogP contribution is -2.03. The molecular weight excluding hydrogens is 236 g/mol. The van der Waals surface area contributed by atoms with E-state index in [1.807, 2.05) is 36.5 Å². The standard InChI is InChI=1S/C16H16N2O/c1-3-11-10(2)9-17-15(11)8-13-12-6-4-5-7-14(12)18-16(13)19/h4-9,17H,3H2,1-2H3,(H,18,19)/b13-8-. The van der Waals surface area contributed by atoms with Crippen molar-refractivity contribution in [3.8, 4) is 0 Å². The van der Waals surface area contributed by atoms with Crippen LogP contribution in [-0.2, 0) is 11.2 Å². The van der Waals surface area contributed by atoms with Crippen molar-refractivity contribution in [2.24, 2.45) is 0 Å². The monoisotopic (exact) mass is 252 g/mol. The Morgan fingerprint density at radius 2 is 2.05 bits per heavy atom. The number of aromatic nitrogens is 1. The first kappa shape index (κ1) is 11.8. The molecule has 1 aliphatic heterocycles. The lowest BCUT2D eigenvalue weighted by molar-refractivity contribution is -0.110. The highest BCUT2D eigenvalue weighted by molar-refractivity contribution is 6.34. The molecule has 0 bridgehead atoms. The fraction of sp³-hybridized carbons (Fsp3) is 0.188. The molecule has 0 atom stereocenters. The van der Waals surface area contributed by atoms with Crippen LogP contribution in [0.15, 0.2) is 30.5 Å². The second-order valence-corrected chi connectivity index (χ2v) is 4.78. The third kappa shape index (κ3) is 1.87. The normalized spacial score (nSPS) is 15.7. The van der Waals surface area contributed by atoms with Gasteiger partial charge in [-0.05, 0) is 36.6 Å². The van der Waals surface area contributed by atoms with Crippen molar-refractivity contribution in [2.45, 2.75) is 20.3 Å². The zero-order chi connectivity index (χ0) is 13.4. The van der Waals surface area contributed by atoms with Gasteiger partial charge < -0.3 is 10.3 Å². The number of carbonyl (C=O) groups is 1. The zero-order valence-corrected chi connectivity index (χ0v) is 11.1. The molecule has 0 radical (unpaired) electrons. The predicted octanol–water partition coefficient (Wildman–Crippen LogP) is 3.38. The van der Waals surface area contributed by atoms with Crippen molar-refractivity contribution >= 4 is 23.2 Å². The molecule has 1 aromatic heterocycles. The van der Waals surface area contributed by atoms with E-state index in [-0.39, 0.29) is 5.91 Å². The summed E-state index contributed by atoms with van der Waals surface area (Å²) < 4.78 is 0. The lowest BCUT2D eigenvalue weighted by atomic mass is 10.0. The molecule has 0 fully saturated rings. The number of hydrogen-bond acceptors (Lipinski definition) is 1. The van der Waals surface area contributed by atoms with Crippen LogP contribution in [0.1, 0.15) is 29.3 Å². The summed E-state index contributed by atoms with van der Waals surface area (Å²) in [5, 5.41) is 2.89. The van der Waals surface area contributed by atoms with E-state index in [0.29, 0.717) is 0 Å². The average molecular weight is 252 g/mol. The van der Waals surface area contributed by atoms with Crippen molar-refractivity contribution in [3.05, 3.63) is 52.8 Å². The summed E-state index contributed by atoms with van der Waals surface area (Å²) in [6, 6.07) is 7.78. The van der Waals surface area contributed by atoms with Crippen molar-refractivity contribution in [2.75, 3.05) is 5.32 Å².